The first-order valence-electron chi connectivity index (χ1n) is 7.94. The number of nitrogens with zero attached hydrogens (tertiary/aromatic N) is 3. The van der Waals surface area contributed by atoms with Crippen molar-refractivity contribution in [3.8, 4) is 11.4 Å². The van der Waals surface area contributed by atoms with Crippen molar-refractivity contribution in [3.05, 3.63) is 35.2 Å². The molecular formula is C16H17ClN4O3. The summed E-state index contributed by atoms with van der Waals surface area (Å²) >= 11 is 5.96. The molecule has 1 aromatic carbocycles. The molecule has 0 aliphatic carbocycles. The summed E-state index contributed by atoms with van der Waals surface area (Å²) in [6.45, 7) is 1.47. The van der Waals surface area contributed by atoms with Crippen molar-refractivity contribution in [1.82, 2.24) is 20.4 Å². The molecule has 4 rings (SSSR count). The molecule has 2 atom stereocenters. The van der Waals surface area contributed by atoms with Gasteiger partial charge in [0.1, 0.15) is 0 Å². The Labute approximate surface area is 143 Å². The third kappa shape index (κ3) is 3.22. The van der Waals surface area contributed by atoms with E-state index in [0.717, 1.165) is 18.4 Å². The summed E-state index contributed by atoms with van der Waals surface area (Å²) in [4.78, 5) is 18.3. The first-order chi connectivity index (χ1) is 11.7. The lowest BCUT2D eigenvalue weighted by Gasteiger charge is -2.31. The molecule has 0 saturated carbocycles. The van der Waals surface area contributed by atoms with Crippen LogP contribution in [0.2, 0.25) is 5.02 Å². The SMILES string of the molecule is O=C(NCc1nc(-c2cccc(Cl)c2)no1)N1C[C@H]2CC[C@@H](C1)O2. The van der Waals surface area contributed by atoms with Crippen LogP contribution in [0.5, 0.6) is 0 Å². The molecule has 7 nitrogen and oxygen atoms in total. The highest BCUT2D eigenvalue weighted by atomic mass is 35.5. The number of fused-ring (bicyclic) bond motifs is 2. The zero-order chi connectivity index (χ0) is 16.5. The number of halogens is 1. The number of hydrogen-bond donors (Lipinski definition) is 1. The van der Waals surface area contributed by atoms with E-state index in [2.05, 4.69) is 15.5 Å². The Morgan fingerprint density at radius 3 is 2.88 bits per heavy atom. The molecule has 8 heteroatoms. The number of aromatic nitrogens is 2. The highest BCUT2D eigenvalue weighted by Gasteiger charge is 2.35. The fourth-order valence-corrected chi connectivity index (χ4v) is 3.31. The molecule has 3 heterocycles. The number of carbonyl (C=O) groups excluding carboxylic acids is 1. The van der Waals surface area contributed by atoms with Gasteiger partial charge in [-0.05, 0) is 25.0 Å². The van der Waals surface area contributed by atoms with Gasteiger partial charge in [-0.1, -0.05) is 28.9 Å². The van der Waals surface area contributed by atoms with E-state index in [0.29, 0.717) is 29.8 Å². The van der Waals surface area contributed by atoms with Gasteiger partial charge in [-0.25, -0.2) is 4.79 Å². The van der Waals surface area contributed by atoms with Crippen molar-refractivity contribution < 1.29 is 14.1 Å². The van der Waals surface area contributed by atoms with Gasteiger partial charge in [-0.15, -0.1) is 0 Å². The van der Waals surface area contributed by atoms with E-state index >= 15 is 0 Å². The van der Waals surface area contributed by atoms with Gasteiger partial charge >= 0.3 is 6.03 Å². The van der Waals surface area contributed by atoms with E-state index in [1.165, 1.54) is 0 Å². The van der Waals surface area contributed by atoms with E-state index in [1.807, 2.05) is 12.1 Å². The quantitative estimate of drug-likeness (QED) is 0.921. The molecule has 2 aromatic rings. The molecule has 2 fully saturated rings. The number of amides is 2. The first-order valence-corrected chi connectivity index (χ1v) is 8.32. The molecule has 2 aliphatic heterocycles. The first kappa shape index (κ1) is 15.4. The average Bonchev–Trinajstić information content (AvgIpc) is 3.19. The number of benzene rings is 1. The van der Waals surface area contributed by atoms with Crippen LogP contribution >= 0.6 is 11.6 Å². The van der Waals surface area contributed by atoms with Crippen molar-refractivity contribution in [2.75, 3.05) is 13.1 Å². The summed E-state index contributed by atoms with van der Waals surface area (Å²) in [7, 11) is 0. The molecule has 0 unspecified atom stereocenters. The van der Waals surface area contributed by atoms with Crippen LogP contribution in [0.1, 0.15) is 18.7 Å². The second-order valence-electron chi connectivity index (χ2n) is 6.04. The molecule has 0 spiro atoms. The lowest BCUT2D eigenvalue weighted by atomic mass is 10.2. The van der Waals surface area contributed by atoms with Gasteiger partial charge in [0.25, 0.3) is 0 Å². The number of ether oxygens (including phenoxy) is 1. The van der Waals surface area contributed by atoms with E-state index in [9.17, 15) is 4.79 Å². The summed E-state index contributed by atoms with van der Waals surface area (Å²) in [6, 6.07) is 7.09. The summed E-state index contributed by atoms with van der Waals surface area (Å²) < 4.78 is 10.9. The minimum atomic E-state index is -0.127. The molecule has 24 heavy (non-hydrogen) atoms. The maximum atomic E-state index is 12.3. The molecule has 126 valence electrons. The number of morpholine rings is 1. The zero-order valence-corrected chi connectivity index (χ0v) is 13.7. The highest BCUT2D eigenvalue weighted by Crippen LogP contribution is 2.26. The van der Waals surface area contributed by atoms with Gasteiger partial charge in [0.15, 0.2) is 0 Å². The molecule has 1 aromatic heterocycles. The molecule has 0 radical (unpaired) electrons. The minimum Gasteiger partial charge on any atom is -0.371 e. The van der Waals surface area contributed by atoms with Gasteiger partial charge in [0.05, 0.1) is 18.8 Å². The number of rotatable bonds is 3. The molecule has 2 aliphatic rings. The summed E-state index contributed by atoms with van der Waals surface area (Å²) in [5, 5.41) is 7.35. The van der Waals surface area contributed by atoms with Crippen LogP contribution in [0.15, 0.2) is 28.8 Å². The van der Waals surface area contributed by atoms with Gasteiger partial charge in [0.2, 0.25) is 11.7 Å². The summed E-state index contributed by atoms with van der Waals surface area (Å²) in [5.41, 5.74) is 0.772. The van der Waals surface area contributed by atoms with Gasteiger partial charge in [-0.2, -0.15) is 4.98 Å². The predicted molar refractivity (Wildman–Crippen MR) is 86.4 cm³/mol. The molecule has 2 amide bonds. The number of urea groups is 1. The summed E-state index contributed by atoms with van der Waals surface area (Å²) in [6.07, 6.45) is 2.40. The Bertz CT molecular complexity index is 738. The van der Waals surface area contributed by atoms with Gasteiger partial charge in [-0.3, -0.25) is 0 Å². The van der Waals surface area contributed by atoms with Crippen LogP contribution in [-0.4, -0.2) is 46.4 Å². The standard InChI is InChI=1S/C16H17ClN4O3/c17-11-3-1-2-10(6-11)15-19-14(24-20-15)7-18-16(22)21-8-12-4-5-13(9-21)23-12/h1-3,6,12-13H,4-5,7-9H2,(H,18,22)/t12-,13+. The summed E-state index contributed by atoms with van der Waals surface area (Å²) in [5.74, 6) is 0.806. The van der Waals surface area contributed by atoms with Crippen molar-refractivity contribution in [2.45, 2.75) is 31.6 Å². The van der Waals surface area contributed by atoms with Crippen molar-refractivity contribution in [1.29, 1.82) is 0 Å². The lowest BCUT2D eigenvalue weighted by molar-refractivity contribution is -0.0239. The van der Waals surface area contributed by atoms with Crippen LogP contribution in [0.3, 0.4) is 0 Å². The van der Waals surface area contributed by atoms with E-state index in [1.54, 1.807) is 17.0 Å². The number of nitrogens with one attached hydrogen (secondary N) is 1. The van der Waals surface area contributed by atoms with Crippen molar-refractivity contribution in [3.63, 3.8) is 0 Å². The monoisotopic (exact) mass is 348 g/mol. The van der Waals surface area contributed by atoms with Crippen LogP contribution in [0.25, 0.3) is 11.4 Å². The Morgan fingerprint density at radius 2 is 2.12 bits per heavy atom. The van der Waals surface area contributed by atoms with Gasteiger partial charge in [0, 0.05) is 23.7 Å². The Kier molecular flexibility index (Phi) is 4.12. The van der Waals surface area contributed by atoms with E-state index in [4.69, 9.17) is 20.9 Å². The second kappa shape index (κ2) is 6.41. The number of carbonyl (C=O) groups is 1. The zero-order valence-electron chi connectivity index (χ0n) is 12.9. The predicted octanol–water partition coefficient (Wildman–Crippen LogP) is 2.46. The smallest absolute Gasteiger partial charge is 0.318 e. The molecule has 2 saturated heterocycles. The second-order valence-corrected chi connectivity index (χ2v) is 6.48. The normalized spacial score (nSPS) is 22.6. The molecule has 1 N–H and O–H groups in total. The van der Waals surface area contributed by atoms with Crippen molar-refractivity contribution >= 4 is 17.6 Å². The van der Waals surface area contributed by atoms with Crippen LogP contribution in [0.4, 0.5) is 4.79 Å². The van der Waals surface area contributed by atoms with Crippen LogP contribution in [-0.2, 0) is 11.3 Å². The molecular weight excluding hydrogens is 332 g/mol. The van der Waals surface area contributed by atoms with Gasteiger partial charge < -0.3 is 19.5 Å². The Balaban J connectivity index is 1.35. The highest BCUT2D eigenvalue weighted by molar-refractivity contribution is 6.30. The third-order valence-corrected chi connectivity index (χ3v) is 4.51. The maximum Gasteiger partial charge on any atom is 0.318 e. The number of likely N-dealkylation sites (tertiary alicyclic amines) is 1. The fraction of sp³-hybridized carbons (Fsp3) is 0.438. The van der Waals surface area contributed by atoms with E-state index < -0.39 is 0 Å². The molecule has 2 bridgehead atoms. The Morgan fingerprint density at radius 1 is 1.33 bits per heavy atom. The van der Waals surface area contributed by atoms with Crippen LogP contribution < -0.4 is 5.32 Å². The van der Waals surface area contributed by atoms with Crippen molar-refractivity contribution in [2.24, 2.45) is 0 Å². The maximum absolute atomic E-state index is 12.3. The number of hydrogen-bond acceptors (Lipinski definition) is 5. The average molecular weight is 349 g/mol. The lowest BCUT2D eigenvalue weighted by Crippen LogP contribution is -2.49. The topological polar surface area (TPSA) is 80.5 Å². The fourth-order valence-electron chi connectivity index (χ4n) is 3.12. The minimum absolute atomic E-state index is 0.127. The van der Waals surface area contributed by atoms with E-state index in [-0.39, 0.29) is 24.8 Å². The third-order valence-electron chi connectivity index (χ3n) is 4.27. The Hall–Kier alpha value is -2.12. The van der Waals surface area contributed by atoms with Crippen LogP contribution in [0, 0.1) is 0 Å². The largest absolute Gasteiger partial charge is 0.371 e.